The number of nitrogens with zero attached hydrogens (tertiary/aromatic N) is 3. The molecule has 1 aromatic heterocycles. The second-order valence-electron chi connectivity index (χ2n) is 6.71. The zero-order chi connectivity index (χ0) is 19.6. The van der Waals surface area contributed by atoms with Gasteiger partial charge in [-0.15, -0.1) is 0 Å². The maximum absolute atomic E-state index is 12.6. The summed E-state index contributed by atoms with van der Waals surface area (Å²) < 4.78 is 11.0. The molecule has 2 aromatic rings. The van der Waals surface area contributed by atoms with E-state index in [0.29, 0.717) is 29.6 Å². The summed E-state index contributed by atoms with van der Waals surface area (Å²) in [4.78, 5) is 32.8. The quantitative estimate of drug-likeness (QED) is 0.780. The molecule has 0 spiro atoms. The van der Waals surface area contributed by atoms with E-state index in [1.165, 1.54) is 0 Å². The first-order valence-corrected chi connectivity index (χ1v) is 9.13. The second kappa shape index (κ2) is 7.82. The molecular weight excluding hydrogens is 346 g/mol. The average Bonchev–Trinajstić information content (AvgIpc) is 3.04. The highest BCUT2D eigenvalue weighted by molar-refractivity contribution is 5.94. The van der Waals surface area contributed by atoms with Gasteiger partial charge in [-0.05, 0) is 38.5 Å². The van der Waals surface area contributed by atoms with Gasteiger partial charge in [-0.3, -0.25) is 9.59 Å². The van der Waals surface area contributed by atoms with Crippen LogP contribution in [0.5, 0.6) is 5.75 Å². The first-order valence-electron chi connectivity index (χ1n) is 9.13. The number of hydrogen-bond acceptors (Lipinski definition) is 5. The molecular formula is C20H25N3O4. The molecule has 1 aromatic carbocycles. The van der Waals surface area contributed by atoms with Crippen LogP contribution in [0.15, 0.2) is 28.7 Å². The SMILES string of the molecule is CCCN1CC(=O)N(Cc2nc(-c3cccc(OC)c3)oc2C)[C@@H](C)C1=O. The smallest absolute Gasteiger partial charge is 0.245 e. The number of rotatable bonds is 6. The number of benzene rings is 1. The van der Waals surface area contributed by atoms with Crippen LogP contribution in [-0.4, -0.2) is 52.8 Å². The molecule has 0 radical (unpaired) electrons. The summed E-state index contributed by atoms with van der Waals surface area (Å²) in [5.74, 6) is 1.73. The molecule has 0 bridgehead atoms. The third-order valence-electron chi connectivity index (χ3n) is 4.81. The number of aromatic nitrogens is 1. The molecule has 0 N–H and O–H groups in total. The molecule has 0 saturated carbocycles. The van der Waals surface area contributed by atoms with Gasteiger partial charge in [-0.1, -0.05) is 13.0 Å². The highest BCUT2D eigenvalue weighted by atomic mass is 16.5. The maximum Gasteiger partial charge on any atom is 0.245 e. The van der Waals surface area contributed by atoms with Gasteiger partial charge in [0, 0.05) is 12.1 Å². The molecule has 2 heterocycles. The first-order chi connectivity index (χ1) is 12.9. The Balaban J connectivity index is 1.81. The molecule has 7 nitrogen and oxygen atoms in total. The highest BCUT2D eigenvalue weighted by Gasteiger charge is 2.36. The van der Waals surface area contributed by atoms with Crippen LogP contribution in [-0.2, 0) is 16.1 Å². The molecule has 27 heavy (non-hydrogen) atoms. The fourth-order valence-electron chi connectivity index (χ4n) is 3.25. The Morgan fingerprint density at radius 3 is 2.81 bits per heavy atom. The van der Waals surface area contributed by atoms with Crippen molar-refractivity contribution in [3.05, 3.63) is 35.7 Å². The van der Waals surface area contributed by atoms with Crippen LogP contribution in [0.4, 0.5) is 0 Å². The van der Waals surface area contributed by atoms with E-state index in [9.17, 15) is 9.59 Å². The van der Waals surface area contributed by atoms with Gasteiger partial charge < -0.3 is 19.0 Å². The van der Waals surface area contributed by atoms with Gasteiger partial charge in [0.25, 0.3) is 0 Å². The van der Waals surface area contributed by atoms with Crippen molar-refractivity contribution >= 4 is 11.8 Å². The number of amides is 2. The maximum atomic E-state index is 12.6. The lowest BCUT2D eigenvalue weighted by Crippen LogP contribution is -2.58. The van der Waals surface area contributed by atoms with Crippen LogP contribution in [0.3, 0.4) is 0 Å². The highest BCUT2D eigenvalue weighted by Crippen LogP contribution is 2.26. The Labute approximate surface area is 158 Å². The molecule has 1 aliphatic heterocycles. The van der Waals surface area contributed by atoms with Gasteiger partial charge >= 0.3 is 0 Å². The van der Waals surface area contributed by atoms with Crippen molar-refractivity contribution in [1.29, 1.82) is 0 Å². The standard InChI is InChI=1S/C20H25N3O4/c1-5-9-22-12-18(24)23(13(2)20(22)25)11-17-14(3)27-19(21-17)15-7-6-8-16(10-15)26-4/h6-8,10,13H,5,9,11-12H2,1-4H3/t13-/m0/s1. The van der Waals surface area contributed by atoms with Crippen molar-refractivity contribution in [2.75, 3.05) is 20.2 Å². The lowest BCUT2D eigenvalue weighted by Gasteiger charge is -2.38. The number of carbonyl (C=O) groups is 2. The van der Waals surface area contributed by atoms with Gasteiger partial charge in [0.1, 0.15) is 23.2 Å². The van der Waals surface area contributed by atoms with E-state index >= 15 is 0 Å². The van der Waals surface area contributed by atoms with Crippen LogP contribution in [0.1, 0.15) is 31.7 Å². The van der Waals surface area contributed by atoms with E-state index in [-0.39, 0.29) is 24.9 Å². The average molecular weight is 371 g/mol. The van der Waals surface area contributed by atoms with Gasteiger partial charge in [0.2, 0.25) is 17.7 Å². The minimum Gasteiger partial charge on any atom is -0.497 e. The first kappa shape index (κ1) is 18.9. The fraction of sp³-hybridized carbons (Fsp3) is 0.450. The summed E-state index contributed by atoms with van der Waals surface area (Å²) in [7, 11) is 1.60. The van der Waals surface area contributed by atoms with E-state index in [0.717, 1.165) is 12.0 Å². The van der Waals surface area contributed by atoms with Crippen molar-refractivity contribution in [1.82, 2.24) is 14.8 Å². The molecule has 144 valence electrons. The topological polar surface area (TPSA) is 75.9 Å². The summed E-state index contributed by atoms with van der Waals surface area (Å²) in [6.07, 6.45) is 0.831. The number of ether oxygens (including phenoxy) is 1. The number of methoxy groups -OCH3 is 1. The predicted octanol–water partition coefficient (Wildman–Crippen LogP) is 2.63. The Kier molecular flexibility index (Phi) is 5.48. The Hall–Kier alpha value is -2.83. The summed E-state index contributed by atoms with van der Waals surface area (Å²) in [6, 6.07) is 6.94. The number of hydrogen-bond donors (Lipinski definition) is 0. The number of piperazine rings is 1. The molecule has 7 heteroatoms. The van der Waals surface area contributed by atoms with Crippen molar-refractivity contribution in [2.24, 2.45) is 0 Å². The molecule has 3 rings (SSSR count). The van der Waals surface area contributed by atoms with Crippen LogP contribution in [0, 0.1) is 6.92 Å². The Morgan fingerprint density at radius 2 is 2.11 bits per heavy atom. The zero-order valence-corrected chi connectivity index (χ0v) is 16.2. The Bertz CT molecular complexity index is 846. The second-order valence-corrected chi connectivity index (χ2v) is 6.71. The van der Waals surface area contributed by atoms with E-state index in [2.05, 4.69) is 4.98 Å². The van der Waals surface area contributed by atoms with E-state index in [4.69, 9.17) is 9.15 Å². The van der Waals surface area contributed by atoms with E-state index in [1.54, 1.807) is 23.8 Å². The lowest BCUT2D eigenvalue weighted by atomic mass is 10.1. The van der Waals surface area contributed by atoms with Crippen molar-refractivity contribution in [2.45, 2.75) is 39.8 Å². The normalized spacial score (nSPS) is 17.6. The summed E-state index contributed by atoms with van der Waals surface area (Å²) in [5.41, 5.74) is 1.46. The molecule has 1 saturated heterocycles. The summed E-state index contributed by atoms with van der Waals surface area (Å²) in [5, 5.41) is 0. The molecule has 1 atom stereocenters. The molecule has 1 fully saturated rings. The summed E-state index contributed by atoms with van der Waals surface area (Å²) in [6.45, 7) is 6.55. The number of aryl methyl sites for hydroxylation is 1. The van der Waals surface area contributed by atoms with E-state index < -0.39 is 6.04 Å². The third kappa shape index (κ3) is 3.82. The van der Waals surface area contributed by atoms with Crippen LogP contribution in [0.25, 0.3) is 11.5 Å². The minimum absolute atomic E-state index is 0.0226. The van der Waals surface area contributed by atoms with Crippen LogP contribution >= 0.6 is 0 Å². The van der Waals surface area contributed by atoms with E-state index in [1.807, 2.05) is 38.1 Å². The molecule has 0 unspecified atom stereocenters. The van der Waals surface area contributed by atoms with Crippen LogP contribution in [0.2, 0.25) is 0 Å². The fourth-order valence-corrected chi connectivity index (χ4v) is 3.25. The predicted molar refractivity (Wildman–Crippen MR) is 100 cm³/mol. The Morgan fingerprint density at radius 1 is 1.33 bits per heavy atom. The van der Waals surface area contributed by atoms with Crippen molar-refractivity contribution in [3.8, 4) is 17.2 Å². The van der Waals surface area contributed by atoms with Gasteiger partial charge in [-0.25, -0.2) is 4.98 Å². The van der Waals surface area contributed by atoms with Gasteiger partial charge in [0.15, 0.2) is 0 Å². The van der Waals surface area contributed by atoms with Crippen molar-refractivity contribution < 1.29 is 18.7 Å². The monoisotopic (exact) mass is 371 g/mol. The molecule has 0 aliphatic carbocycles. The number of oxazole rings is 1. The minimum atomic E-state index is -0.505. The molecule has 2 amide bonds. The van der Waals surface area contributed by atoms with Crippen LogP contribution < -0.4 is 4.74 Å². The number of carbonyl (C=O) groups excluding carboxylic acids is 2. The van der Waals surface area contributed by atoms with Gasteiger partial charge in [0.05, 0.1) is 20.2 Å². The summed E-state index contributed by atoms with van der Waals surface area (Å²) >= 11 is 0. The largest absolute Gasteiger partial charge is 0.497 e. The van der Waals surface area contributed by atoms with Crippen molar-refractivity contribution in [3.63, 3.8) is 0 Å². The third-order valence-corrected chi connectivity index (χ3v) is 4.81. The lowest BCUT2D eigenvalue weighted by molar-refractivity contribution is -0.155. The molecule has 1 aliphatic rings. The zero-order valence-electron chi connectivity index (χ0n) is 16.2. The van der Waals surface area contributed by atoms with Gasteiger partial charge in [-0.2, -0.15) is 0 Å².